The Bertz CT molecular complexity index is 1380. The summed E-state index contributed by atoms with van der Waals surface area (Å²) in [6, 6.07) is 22.4. The molecule has 1 fully saturated rings. The standard InChI is InChI=1S/C31H37N3O4S/c1-23-16-18-29(19-17-23)39(37,38)34(28-15-9-10-24(2)20-28)22-30(35)33(21-26-11-5-4-6-12-26)25(3)31(36)32-27-13-7-8-14-27/h4-6,9-12,15-20,25,27H,7-8,13-14,21-22H2,1-3H3,(H,32,36). The molecule has 1 saturated carbocycles. The van der Waals surface area contributed by atoms with Crippen LogP contribution in [0, 0.1) is 13.8 Å². The van der Waals surface area contributed by atoms with Crippen LogP contribution in [0.2, 0.25) is 0 Å². The van der Waals surface area contributed by atoms with Gasteiger partial charge in [0.05, 0.1) is 10.6 Å². The second-order valence-corrected chi connectivity index (χ2v) is 12.2. The van der Waals surface area contributed by atoms with Crippen molar-refractivity contribution in [3.8, 4) is 0 Å². The summed E-state index contributed by atoms with van der Waals surface area (Å²) in [4.78, 5) is 28.8. The van der Waals surface area contributed by atoms with Crippen LogP contribution in [0.1, 0.15) is 49.3 Å². The molecule has 4 rings (SSSR count). The lowest BCUT2D eigenvalue weighted by atomic mass is 10.1. The summed E-state index contributed by atoms with van der Waals surface area (Å²) in [6.45, 7) is 5.21. The van der Waals surface area contributed by atoms with Crippen molar-refractivity contribution in [2.75, 3.05) is 10.8 Å². The molecule has 3 aromatic carbocycles. The zero-order valence-corrected chi connectivity index (χ0v) is 23.7. The molecule has 39 heavy (non-hydrogen) atoms. The van der Waals surface area contributed by atoms with E-state index in [4.69, 9.17) is 0 Å². The van der Waals surface area contributed by atoms with Crippen LogP contribution in [0.5, 0.6) is 0 Å². The van der Waals surface area contributed by atoms with Gasteiger partial charge in [-0.15, -0.1) is 0 Å². The predicted octanol–water partition coefficient (Wildman–Crippen LogP) is 4.97. The maximum Gasteiger partial charge on any atom is 0.264 e. The average Bonchev–Trinajstić information content (AvgIpc) is 3.43. The minimum atomic E-state index is -4.07. The van der Waals surface area contributed by atoms with Crippen molar-refractivity contribution in [2.45, 2.75) is 70.0 Å². The van der Waals surface area contributed by atoms with Gasteiger partial charge in [-0.1, -0.05) is 73.0 Å². The second-order valence-electron chi connectivity index (χ2n) is 10.3. The monoisotopic (exact) mass is 547 g/mol. The maximum absolute atomic E-state index is 14.0. The Morgan fingerprint density at radius 2 is 1.56 bits per heavy atom. The number of amides is 2. The molecule has 3 aromatic rings. The lowest BCUT2D eigenvalue weighted by Gasteiger charge is -2.32. The Morgan fingerprint density at radius 1 is 0.897 bits per heavy atom. The van der Waals surface area contributed by atoms with E-state index in [1.165, 1.54) is 4.90 Å². The SMILES string of the molecule is Cc1ccc(S(=O)(=O)N(CC(=O)N(Cc2ccccc2)C(C)C(=O)NC2CCCC2)c2cccc(C)c2)cc1. The first-order chi connectivity index (χ1) is 18.6. The topological polar surface area (TPSA) is 86.8 Å². The first-order valence-electron chi connectivity index (χ1n) is 13.4. The van der Waals surface area contributed by atoms with E-state index in [9.17, 15) is 18.0 Å². The van der Waals surface area contributed by atoms with Crippen molar-refractivity contribution in [2.24, 2.45) is 0 Å². The summed E-state index contributed by atoms with van der Waals surface area (Å²) in [5.74, 6) is -0.681. The van der Waals surface area contributed by atoms with Gasteiger partial charge in [-0.05, 0) is 69.0 Å². The van der Waals surface area contributed by atoms with E-state index >= 15 is 0 Å². The number of hydrogen-bond acceptors (Lipinski definition) is 4. The lowest BCUT2D eigenvalue weighted by Crippen LogP contribution is -2.52. The number of benzene rings is 3. The van der Waals surface area contributed by atoms with E-state index in [-0.39, 0.29) is 23.4 Å². The molecule has 0 aliphatic heterocycles. The summed E-state index contributed by atoms with van der Waals surface area (Å²) in [7, 11) is -4.07. The van der Waals surface area contributed by atoms with E-state index in [0.717, 1.165) is 46.7 Å². The smallest absolute Gasteiger partial charge is 0.264 e. The number of nitrogens with zero attached hydrogens (tertiary/aromatic N) is 2. The first-order valence-corrected chi connectivity index (χ1v) is 14.9. The van der Waals surface area contributed by atoms with Gasteiger partial charge in [0.15, 0.2) is 0 Å². The Balaban J connectivity index is 1.67. The summed E-state index contributed by atoms with van der Waals surface area (Å²) in [6.07, 6.45) is 4.02. The van der Waals surface area contributed by atoms with Crippen LogP contribution in [0.15, 0.2) is 83.8 Å². The van der Waals surface area contributed by atoms with Crippen LogP contribution in [-0.4, -0.2) is 43.8 Å². The van der Waals surface area contributed by atoms with Crippen LogP contribution in [0.3, 0.4) is 0 Å². The third-order valence-corrected chi connectivity index (χ3v) is 9.03. The molecular formula is C31H37N3O4S. The van der Waals surface area contributed by atoms with Crippen LogP contribution in [-0.2, 0) is 26.2 Å². The molecular weight excluding hydrogens is 510 g/mol. The average molecular weight is 548 g/mol. The molecule has 0 spiro atoms. The molecule has 0 bridgehead atoms. The Hall–Kier alpha value is -3.65. The summed E-state index contributed by atoms with van der Waals surface area (Å²) >= 11 is 0. The van der Waals surface area contributed by atoms with Gasteiger partial charge < -0.3 is 10.2 Å². The molecule has 1 aliphatic rings. The van der Waals surface area contributed by atoms with Crippen molar-refractivity contribution in [1.82, 2.24) is 10.2 Å². The highest BCUT2D eigenvalue weighted by Crippen LogP contribution is 2.26. The van der Waals surface area contributed by atoms with Crippen LogP contribution in [0.4, 0.5) is 5.69 Å². The quantitative estimate of drug-likeness (QED) is 0.388. The lowest BCUT2D eigenvalue weighted by molar-refractivity contribution is -0.139. The van der Waals surface area contributed by atoms with Crippen LogP contribution < -0.4 is 9.62 Å². The largest absolute Gasteiger partial charge is 0.352 e. The Kier molecular flexibility index (Phi) is 9.07. The van der Waals surface area contributed by atoms with Crippen molar-refractivity contribution < 1.29 is 18.0 Å². The van der Waals surface area contributed by atoms with Gasteiger partial charge in [0.25, 0.3) is 10.0 Å². The predicted molar refractivity (Wildman–Crippen MR) is 154 cm³/mol. The van der Waals surface area contributed by atoms with Crippen molar-refractivity contribution in [3.63, 3.8) is 0 Å². The zero-order valence-electron chi connectivity index (χ0n) is 22.8. The highest BCUT2D eigenvalue weighted by atomic mass is 32.2. The van der Waals surface area contributed by atoms with Crippen molar-refractivity contribution >= 4 is 27.5 Å². The molecule has 7 nitrogen and oxygen atoms in total. The normalized spacial score (nSPS) is 14.5. The molecule has 1 N–H and O–H groups in total. The van der Waals surface area contributed by atoms with E-state index in [1.54, 1.807) is 49.4 Å². The summed E-state index contributed by atoms with van der Waals surface area (Å²) < 4.78 is 28.9. The molecule has 0 heterocycles. The van der Waals surface area contributed by atoms with Crippen molar-refractivity contribution in [3.05, 3.63) is 95.6 Å². The van der Waals surface area contributed by atoms with Crippen LogP contribution in [0.25, 0.3) is 0 Å². The van der Waals surface area contributed by atoms with Crippen molar-refractivity contribution in [1.29, 1.82) is 0 Å². The molecule has 206 valence electrons. The number of anilines is 1. The summed E-state index contributed by atoms with van der Waals surface area (Å²) in [5.41, 5.74) is 3.05. The van der Waals surface area contributed by atoms with E-state index in [0.29, 0.717) is 5.69 Å². The molecule has 1 unspecified atom stereocenters. The fourth-order valence-electron chi connectivity index (χ4n) is 4.90. The number of nitrogens with one attached hydrogen (secondary N) is 1. The third-order valence-electron chi connectivity index (χ3n) is 7.24. The number of aryl methyl sites for hydroxylation is 2. The van der Waals surface area contributed by atoms with E-state index in [1.807, 2.05) is 50.2 Å². The minimum absolute atomic E-state index is 0.101. The number of rotatable bonds is 10. The number of sulfonamides is 1. The third kappa shape index (κ3) is 7.06. The number of carbonyl (C=O) groups is 2. The van der Waals surface area contributed by atoms with Gasteiger partial charge in [0.2, 0.25) is 11.8 Å². The zero-order chi connectivity index (χ0) is 28.0. The molecule has 1 atom stereocenters. The first kappa shape index (κ1) is 28.4. The van der Waals surface area contributed by atoms with Gasteiger partial charge in [-0.2, -0.15) is 0 Å². The fourth-order valence-corrected chi connectivity index (χ4v) is 6.31. The van der Waals surface area contributed by atoms with Crippen LogP contribution >= 0.6 is 0 Å². The number of hydrogen-bond donors (Lipinski definition) is 1. The maximum atomic E-state index is 14.0. The minimum Gasteiger partial charge on any atom is -0.352 e. The molecule has 1 aliphatic carbocycles. The van der Waals surface area contributed by atoms with Gasteiger partial charge in [0, 0.05) is 12.6 Å². The highest BCUT2D eigenvalue weighted by Gasteiger charge is 2.33. The molecule has 0 saturated heterocycles. The number of carbonyl (C=O) groups excluding carboxylic acids is 2. The Labute approximate surface area is 231 Å². The van der Waals surface area contributed by atoms with Gasteiger partial charge in [-0.25, -0.2) is 8.42 Å². The second kappa shape index (κ2) is 12.5. The summed E-state index contributed by atoms with van der Waals surface area (Å²) in [5, 5.41) is 3.09. The Morgan fingerprint density at radius 3 is 2.21 bits per heavy atom. The van der Waals surface area contributed by atoms with Gasteiger partial charge in [0.1, 0.15) is 12.6 Å². The molecule has 0 aromatic heterocycles. The molecule has 0 radical (unpaired) electrons. The highest BCUT2D eigenvalue weighted by molar-refractivity contribution is 7.92. The van der Waals surface area contributed by atoms with E-state index in [2.05, 4.69) is 5.32 Å². The van der Waals surface area contributed by atoms with Gasteiger partial charge >= 0.3 is 0 Å². The van der Waals surface area contributed by atoms with E-state index < -0.39 is 28.5 Å². The fraction of sp³-hybridized carbons (Fsp3) is 0.355. The van der Waals surface area contributed by atoms with Gasteiger partial charge in [-0.3, -0.25) is 13.9 Å². The molecule has 2 amide bonds. The molecule has 8 heteroatoms.